The van der Waals surface area contributed by atoms with Gasteiger partial charge >= 0.3 is 0 Å². The molecular weight excluding hydrogens is 268 g/mol. The van der Waals surface area contributed by atoms with Crippen LogP contribution in [0.3, 0.4) is 0 Å². The molecule has 0 heterocycles. The van der Waals surface area contributed by atoms with Gasteiger partial charge in [0.2, 0.25) is 0 Å². The summed E-state index contributed by atoms with van der Waals surface area (Å²) < 4.78 is 0. The molecule has 114 valence electrons. The van der Waals surface area contributed by atoms with Crippen molar-refractivity contribution in [2.45, 2.75) is 53.6 Å². The Balaban J connectivity index is 2.96. The molecule has 0 fully saturated rings. The van der Waals surface area contributed by atoms with Crippen molar-refractivity contribution in [3.05, 3.63) is 28.8 Å². The minimum absolute atomic E-state index is 0.457. The quantitative estimate of drug-likeness (QED) is 0.747. The van der Waals surface area contributed by atoms with Gasteiger partial charge in [0.05, 0.1) is 10.7 Å². The Morgan fingerprint density at radius 1 is 1.20 bits per heavy atom. The highest BCUT2D eigenvalue weighted by atomic mass is 35.5. The van der Waals surface area contributed by atoms with E-state index >= 15 is 0 Å². The number of hydrogen-bond acceptors (Lipinski definition) is 2. The SMILES string of the molecule is CCCN(c1c(Cl)cccc1CNCC(C)C)C(C)C. The number of nitrogens with one attached hydrogen (secondary N) is 1. The first-order chi connectivity index (χ1) is 9.47. The standard InChI is InChI=1S/C17H29ClN2/c1-6-10-20(14(4)5)17-15(8-7-9-16(17)18)12-19-11-13(2)3/h7-9,13-14,19H,6,10-12H2,1-5H3. The van der Waals surface area contributed by atoms with Crippen molar-refractivity contribution < 1.29 is 0 Å². The van der Waals surface area contributed by atoms with Crippen LogP contribution in [0.25, 0.3) is 0 Å². The molecule has 0 aliphatic heterocycles. The average molecular weight is 297 g/mol. The fourth-order valence-electron chi connectivity index (χ4n) is 2.39. The summed E-state index contributed by atoms with van der Waals surface area (Å²) in [7, 11) is 0. The van der Waals surface area contributed by atoms with Crippen molar-refractivity contribution in [1.82, 2.24) is 5.32 Å². The number of halogens is 1. The summed E-state index contributed by atoms with van der Waals surface area (Å²) in [5.74, 6) is 0.662. The van der Waals surface area contributed by atoms with Gasteiger partial charge in [-0.05, 0) is 44.4 Å². The van der Waals surface area contributed by atoms with Gasteiger partial charge in [-0.3, -0.25) is 0 Å². The van der Waals surface area contributed by atoms with Crippen LogP contribution in [0.1, 0.15) is 46.6 Å². The molecule has 1 N–H and O–H groups in total. The van der Waals surface area contributed by atoms with Gasteiger partial charge in [0.15, 0.2) is 0 Å². The fourth-order valence-corrected chi connectivity index (χ4v) is 2.69. The molecule has 1 rings (SSSR count). The zero-order valence-corrected chi connectivity index (χ0v) is 14.3. The topological polar surface area (TPSA) is 15.3 Å². The van der Waals surface area contributed by atoms with Gasteiger partial charge in [-0.1, -0.05) is 44.5 Å². The molecule has 0 aromatic heterocycles. The second-order valence-corrected chi connectivity index (χ2v) is 6.47. The maximum Gasteiger partial charge on any atom is 0.0643 e. The third kappa shape index (κ3) is 4.99. The number of nitrogens with zero attached hydrogens (tertiary/aromatic N) is 1. The van der Waals surface area contributed by atoms with Crippen LogP contribution in [-0.4, -0.2) is 19.1 Å². The largest absolute Gasteiger partial charge is 0.368 e. The molecule has 0 bridgehead atoms. The van der Waals surface area contributed by atoms with E-state index in [0.717, 1.165) is 31.1 Å². The molecule has 0 atom stereocenters. The zero-order chi connectivity index (χ0) is 15.1. The summed E-state index contributed by atoms with van der Waals surface area (Å²) in [6.45, 7) is 14.1. The van der Waals surface area contributed by atoms with Crippen molar-refractivity contribution >= 4 is 17.3 Å². The number of hydrogen-bond donors (Lipinski definition) is 1. The van der Waals surface area contributed by atoms with E-state index in [2.05, 4.69) is 50.9 Å². The molecule has 1 aromatic rings. The Hall–Kier alpha value is -0.730. The first-order valence-corrected chi connectivity index (χ1v) is 8.09. The van der Waals surface area contributed by atoms with Crippen LogP contribution in [-0.2, 0) is 6.54 Å². The molecule has 0 unspecified atom stereocenters. The first kappa shape index (κ1) is 17.3. The summed E-state index contributed by atoms with van der Waals surface area (Å²) in [6, 6.07) is 6.68. The number of benzene rings is 1. The fraction of sp³-hybridized carbons (Fsp3) is 0.647. The average Bonchev–Trinajstić information content (AvgIpc) is 2.36. The van der Waals surface area contributed by atoms with Crippen LogP contribution in [0.5, 0.6) is 0 Å². The Morgan fingerprint density at radius 2 is 1.90 bits per heavy atom. The monoisotopic (exact) mass is 296 g/mol. The summed E-state index contributed by atoms with van der Waals surface area (Å²) in [4.78, 5) is 2.41. The smallest absolute Gasteiger partial charge is 0.0643 e. The van der Waals surface area contributed by atoms with Crippen LogP contribution < -0.4 is 10.2 Å². The van der Waals surface area contributed by atoms with E-state index in [4.69, 9.17) is 11.6 Å². The Morgan fingerprint density at radius 3 is 2.45 bits per heavy atom. The van der Waals surface area contributed by atoms with Crippen molar-refractivity contribution in [2.75, 3.05) is 18.0 Å². The minimum atomic E-state index is 0.457. The Labute approximate surface area is 129 Å². The molecule has 20 heavy (non-hydrogen) atoms. The van der Waals surface area contributed by atoms with Gasteiger partial charge in [0.1, 0.15) is 0 Å². The molecule has 0 aliphatic carbocycles. The van der Waals surface area contributed by atoms with E-state index in [1.807, 2.05) is 12.1 Å². The molecule has 1 aromatic carbocycles. The van der Waals surface area contributed by atoms with Crippen LogP contribution in [0.4, 0.5) is 5.69 Å². The third-order valence-electron chi connectivity index (χ3n) is 3.31. The lowest BCUT2D eigenvalue weighted by Crippen LogP contribution is -2.33. The third-order valence-corrected chi connectivity index (χ3v) is 3.62. The van der Waals surface area contributed by atoms with E-state index in [1.54, 1.807) is 0 Å². The molecule has 0 radical (unpaired) electrons. The van der Waals surface area contributed by atoms with Gasteiger partial charge in [-0.2, -0.15) is 0 Å². The first-order valence-electron chi connectivity index (χ1n) is 7.72. The molecule has 0 saturated heterocycles. The molecule has 0 saturated carbocycles. The van der Waals surface area contributed by atoms with Crippen molar-refractivity contribution in [1.29, 1.82) is 0 Å². The van der Waals surface area contributed by atoms with E-state index in [0.29, 0.717) is 12.0 Å². The normalized spacial score (nSPS) is 11.4. The maximum atomic E-state index is 6.48. The summed E-state index contributed by atoms with van der Waals surface area (Å²) in [5, 5.41) is 4.38. The van der Waals surface area contributed by atoms with Gasteiger partial charge in [-0.15, -0.1) is 0 Å². The molecule has 0 amide bonds. The van der Waals surface area contributed by atoms with Crippen molar-refractivity contribution in [2.24, 2.45) is 5.92 Å². The lowest BCUT2D eigenvalue weighted by Gasteiger charge is -2.31. The lowest BCUT2D eigenvalue weighted by atomic mass is 10.1. The van der Waals surface area contributed by atoms with Crippen molar-refractivity contribution in [3.63, 3.8) is 0 Å². The van der Waals surface area contributed by atoms with Gasteiger partial charge in [0, 0.05) is 19.1 Å². The summed E-state index contributed by atoms with van der Waals surface area (Å²) >= 11 is 6.48. The summed E-state index contributed by atoms with van der Waals surface area (Å²) in [6.07, 6.45) is 1.13. The maximum absolute atomic E-state index is 6.48. The minimum Gasteiger partial charge on any atom is -0.368 e. The molecule has 0 aliphatic rings. The van der Waals surface area contributed by atoms with Gasteiger partial charge in [0.25, 0.3) is 0 Å². The Bertz CT molecular complexity index is 402. The Kier molecular flexibility index (Phi) is 7.39. The van der Waals surface area contributed by atoms with E-state index < -0.39 is 0 Å². The highest BCUT2D eigenvalue weighted by molar-refractivity contribution is 6.33. The van der Waals surface area contributed by atoms with Gasteiger partial charge in [-0.25, -0.2) is 0 Å². The highest BCUT2D eigenvalue weighted by Crippen LogP contribution is 2.31. The van der Waals surface area contributed by atoms with Crippen molar-refractivity contribution in [3.8, 4) is 0 Å². The number of para-hydroxylation sites is 1. The van der Waals surface area contributed by atoms with Crippen LogP contribution in [0.15, 0.2) is 18.2 Å². The van der Waals surface area contributed by atoms with Gasteiger partial charge < -0.3 is 10.2 Å². The second-order valence-electron chi connectivity index (χ2n) is 6.06. The van der Waals surface area contributed by atoms with E-state index in [1.165, 1.54) is 11.3 Å². The predicted molar refractivity (Wildman–Crippen MR) is 90.8 cm³/mol. The van der Waals surface area contributed by atoms with Crippen LogP contribution in [0, 0.1) is 5.92 Å². The van der Waals surface area contributed by atoms with E-state index in [9.17, 15) is 0 Å². The van der Waals surface area contributed by atoms with Crippen LogP contribution >= 0.6 is 11.6 Å². The molecule has 2 nitrogen and oxygen atoms in total. The number of anilines is 1. The van der Waals surface area contributed by atoms with E-state index in [-0.39, 0.29) is 0 Å². The second kappa shape index (κ2) is 8.53. The molecule has 0 spiro atoms. The number of rotatable bonds is 8. The predicted octanol–water partition coefficient (Wildman–Crippen LogP) is 4.71. The summed E-state index contributed by atoms with van der Waals surface area (Å²) in [5.41, 5.74) is 2.49. The highest BCUT2D eigenvalue weighted by Gasteiger charge is 2.16. The molecule has 3 heteroatoms. The lowest BCUT2D eigenvalue weighted by molar-refractivity contribution is 0.551. The zero-order valence-electron chi connectivity index (χ0n) is 13.5. The molecular formula is C17H29ClN2. The van der Waals surface area contributed by atoms with Crippen LogP contribution in [0.2, 0.25) is 5.02 Å².